The largest absolute Gasteiger partial charge is 0.489 e. The molecule has 6 heteroatoms. The first-order valence-corrected chi connectivity index (χ1v) is 8.59. The normalized spacial score (nSPS) is 10.7. The number of nitrogens with zero attached hydrogens (tertiary/aromatic N) is 1. The highest BCUT2D eigenvalue weighted by molar-refractivity contribution is 5.94. The van der Waals surface area contributed by atoms with E-state index in [0.29, 0.717) is 34.5 Å². The van der Waals surface area contributed by atoms with Gasteiger partial charge in [0.2, 0.25) is 0 Å². The maximum Gasteiger partial charge on any atom is 0.336 e. The van der Waals surface area contributed by atoms with Gasteiger partial charge in [0.25, 0.3) is 5.69 Å². The zero-order valence-electron chi connectivity index (χ0n) is 14.7. The lowest BCUT2D eigenvalue weighted by atomic mass is 10.0. The zero-order valence-corrected chi connectivity index (χ0v) is 14.7. The molecular formula is C22H15NO5. The topological polar surface area (TPSA) is 82.6 Å². The second-order valence-electron chi connectivity index (χ2n) is 6.22. The Morgan fingerprint density at radius 3 is 2.54 bits per heavy atom. The summed E-state index contributed by atoms with van der Waals surface area (Å²) in [6.45, 7) is 0.390. The molecule has 6 nitrogen and oxygen atoms in total. The standard InChI is InChI=1S/C22H15NO5/c24-22-13-20(16-7-4-8-17(11-16)23(25)26)19-10-9-18(12-21(19)28-22)27-14-15-5-2-1-3-6-15/h1-13H,14H2. The van der Waals surface area contributed by atoms with Crippen molar-refractivity contribution in [2.75, 3.05) is 0 Å². The Morgan fingerprint density at radius 2 is 1.75 bits per heavy atom. The van der Waals surface area contributed by atoms with E-state index in [0.717, 1.165) is 5.56 Å². The number of hydrogen-bond donors (Lipinski definition) is 0. The number of nitro groups is 1. The van der Waals surface area contributed by atoms with Gasteiger partial charge in [-0.05, 0) is 23.3 Å². The predicted octanol–water partition coefficient (Wildman–Crippen LogP) is 4.95. The summed E-state index contributed by atoms with van der Waals surface area (Å²) in [5, 5.41) is 11.7. The summed E-state index contributed by atoms with van der Waals surface area (Å²) < 4.78 is 11.1. The first-order valence-electron chi connectivity index (χ1n) is 8.59. The number of non-ortho nitro benzene ring substituents is 1. The SMILES string of the molecule is O=c1cc(-c2cccc([N+](=O)[O-])c2)c2ccc(OCc3ccccc3)cc2o1. The van der Waals surface area contributed by atoms with Gasteiger partial charge in [-0.1, -0.05) is 42.5 Å². The molecule has 3 aromatic carbocycles. The van der Waals surface area contributed by atoms with Gasteiger partial charge in [-0.3, -0.25) is 10.1 Å². The van der Waals surface area contributed by atoms with Gasteiger partial charge in [0.1, 0.15) is 17.9 Å². The number of nitro benzene ring substituents is 1. The van der Waals surface area contributed by atoms with Crippen molar-refractivity contribution in [3.8, 4) is 16.9 Å². The minimum Gasteiger partial charge on any atom is -0.489 e. The van der Waals surface area contributed by atoms with Crippen LogP contribution in [0.5, 0.6) is 5.75 Å². The number of hydrogen-bond acceptors (Lipinski definition) is 5. The second-order valence-corrected chi connectivity index (χ2v) is 6.22. The van der Waals surface area contributed by atoms with Crippen molar-refractivity contribution in [3.63, 3.8) is 0 Å². The zero-order chi connectivity index (χ0) is 19.5. The summed E-state index contributed by atoms with van der Waals surface area (Å²) in [6.07, 6.45) is 0. The first-order chi connectivity index (χ1) is 13.6. The summed E-state index contributed by atoms with van der Waals surface area (Å²) >= 11 is 0. The van der Waals surface area contributed by atoms with E-state index in [9.17, 15) is 14.9 Å². The van der Waals surface area contributed by atoms with Crippen LogP contribution >= 0.6 is 0 Å². The van der Waals surface area contributed by atoms with Crippen LogP contribution < -0.4 is 10.4 Å². The van der Waals surface area contributed by atoms with E-state index in [1.54, 1.807) is 30.3 Å². The Bertz CT molecular complexity index is 1210. The predicted molar refractivity (Wildman–Crippen MR) is 105 cm³/mol. The van der Waals surface area contributed by atoms with Crippen molar-refractivity contribution in [3.05, 3.63) is 105 Å². The molecule has 0 spiro atoms. The molecule has 0 aliphatic heterocycles. The molecule has 0 bridgehead atoms. The van der Waals surface area contributed by atoms with Crippen LogP contribution in [0, 0.1) is 10.1 Å². The van der Waals surface area contributed by atoms with E-state index in [2.05, 4.69) is 0 Å². The minimum atomic E-state index is -0.533. The highest BCUT2D eigenvalue weighted by Crippen LogP contribution is 2.31. The molecule has 0 aliphatic rings. The maximum absolute atomic E-state index is 12.0. The molecule has 0 fully saturated rings. The summed E-state index contributed by atoms with van der Waals surface area (Å²) in [5.41, 5.74) is 1.96. The van der Waals surface area contributed by atoms with E-state index in [1.165, 1.54) is 18.2 Å². The summed E-state index contributed by atoms with van der Waals surface area (Å²) in [5.74, 6) is 0.565. The fourth-order valence-corrected chi connectivity index (χ4v) is 3.00. The summed E-state index contributed by atoms with van der Waals surface area (Å²) in [7, 11) is 0. The van der Waals surface area contributed by atoms with Crippen molar-refractivity contribution in [1.29, 1.82) is 0 Å². The van der Waals surface area contributed by atoms with Gasteiger partial charge in [-0.15, -0.1) is 0 Å². The molecule has 0 saturated heterocycles. The van der Waals surface area contributed by atoms with Crippen LogP contribution in [0.2, 0.25) is 0 Å². The molecule has 4 aromatic rings. The Hall–Kier alpha value is -3.93. The molecular weight excluding hydrogens is 358 g/mol. The monoisotopic (exact) mass is 373 g/mol. The molecule has 0 amide bonds. The van der Waals surface area contributed by atoms with Crippen molar-refractivity contribution < 1.29 is 14.1 Å². The van der Waals surface area contributed by atoms with Crippen LogP contribution in [-0.4, -0.2) is 4.92 Å². The van der Waals surface area contributed by atoms with Crippen LogP contribution in [0.25, 0.3) is 22.1 Å². The first kappa shape index (κ1) is 17.5. The molecule has 0 radical (unpaired) electrons. The van der Waals surface area contributed by atoms with Gasteiger partial charge in [0, 0.05) is 35.2 Å². The van der Waals surface area contributed by atoms with E-state index in [-0.39, 0.29) is 5.69 Å². The molecule has 4 rings (SSSR count). The fraction of sp³-hybridized carbons (Fsp3) is 0.0455. The Labute approximate surface area is 159 Å². The third kappa shape index (κ3) is 3.61. The number of ether oxygens (including phenoxy) is 1. The Kier molecular flexibility index (Phi) is 4.60. The summed E-state index contributed by atoms with van der Waals surface area (Å²) in [4.78, 5) is 22.6. The fourth-order valence-electron chi connectivity index (χ4n) is 3.00. The van der Waals surface area contributed by atoms with Crippen molar-refractivity contribution in [2.45, 2.75) is 6.61 Å². The molecule has 0 aliphatic carbocycles. The lowest BCUT2D eigenvalue weighted by molar-refractivity contribution is -0.384. The molecule has 0 atom stereocenters. The van der Waals surface area contributed by atoms with Gasteiger partial charge in [-0.2, -0.15) is 0 Å². The average molecular weight is 373 g/mol. The van der Waals surface area contributed by atoms with Gasteiger partial charge in [-0.25, -0.2) is 4.79 Å². The quantitative estimate of drug-likeness (QED) is 0.281. The minimum absolute atomic E-state index is 0.0401. The highest BCUT2D eigenvalue weighted by Gasteiger charge is 2.12. The van der Waals surface area contributed by atoms with Gasteiger partial charge >= 0.3 is 5.63 Å². The van der Waals surface area contributed by atoms with Crippen molar-refractivity contribution in [1.82, 2.24) is 0 Å². The highest BCUT2D eigenvalue weighted by atomic mass is 16.6. The van der Waals surface area contributed by atoms with Crippen LogP contribution in [0.3, 0.4) is 0 Å². The Balaban J connectivity index is 1.72. The van der Waals surface area contributed by atoms with Crippen molar-refractivity contribution >= 4 is 16.7 Å². The summed E-state index contributed by atoms with van der Waals surface area (Å²) in [6, 6.07) is 22.4. The lowest BCUT2D eigenvalue weighted by Crippen LogP contribution is -1.99. The number of benzene rings is 3. The molecule has 0 unspecified atom stereocenters. The lowest BCUT2D eigenvalue weighted by Gasteiger charge is -2.09. The van der Waals surface area contributed by atoms with Crippen LogP contribution in [0.15, 0.2) is 88.1 Å². The van der Waals surface area contributed by atoms with Gasteiger partial charge in [0.05, 0.1) is 4.92 Å². The number of rotatable bonds is 5. The van der Waals surface area contributed by atoms with Crippen LogP contribution in [0.1, 0.15) is 5.56 Å². The molecule has 138 valence electrons. The van der Waals surface area contributed by atoms with Crippen LogP contribution in [0.4, 0.5) is 5.69 Å². The molecule has 1 aromatic heterocycles. The smallest absolute Gasteiger partial charge is 0.336 e. The average Bonchev–Trinajstić information content (AvgIpc) is 2.72. The Morgan fingerprint density at radius 1 is 0.929 bits per heavy atom. The second kappa shape index (κ2) is 7.36. The maximum atomic E-state index is 12.0. The molecule has 28 heavy (non-hydrogen) atoms. The van der Waals surface area contributed by atoms with Gasteiger partial charge < -0.3 is 9.15 Å². The van der Waals surface area contributed by atoms with E-state index >= 15 is 0 Å². The third-order valence-corrected chi connectivity index (χ3v) is 4.33. The molecule has 0 N–H and O–H groups in total. The van der Waals surface area contributed by atoms with E-state index in [4.69, 9.17) is 9.15 Å². The third-order valence-electron chi connectivity index (χ3n) is 4.33. The number of fused-ring (bicyclic) bond motifs is 1. The van der Waals surface area contributed by atoms with E-state index in [1.807, 2.05) is 30.3 Å². The molecule has 0 saturated carbocycles. The van der Waals surface area contributed by atoms with Crippen LogP contribution in [-0.2, 0) is 6.61 Å². The van der Waals surface area contributed by atoms with E-state index < -0.39 is 10.5 Å². The van der Waals surface area contributed by atoms with Gasteiger partial charge in [0.15, 0.2) is 0 Å². The molecule has 1 heterocycles. The van der Waals surface area contributed by atoms with Crippen molar-refractivity contribution in [2.24, 2.45) is 0 Å².